The highest BCUT2D eigenvalue weighted by atomic mass is 79.9. The van der Waals surface area contributed by atoms with Gasteiger partial charge in [0.1, 0.15) is 5.78 Å². The lowest BCUT2D eigenvalue weighted by Gasteiger charge is -2.22. The Balaban J connectivity index is 2.39. The second-order valence-corrected chi connectivity index (χ2v) is 4.52. The molecule has 1 nitrogen and oxygen atoms in total. The largest absolute Gasteiger partial charge is 0.300 e. The smallest absolute Gasteiger partial charge is 0.133 e. The van der Waals surface area contributed by atoms with Crippen molar-refractivity contribution in [1.82, 2.24) is 0 Å². The first-order valence-corrected chi connectivity index (χ1v) is 4.77. The van der Waals surface area contributed by atoms with Crippen LogP contribution in [0.5, 0.6) is 0 Å². The number of hydrogen-bond acceptors (Lipinski definition) is 1. The monoisotopic (exact) mass is 204 g/mol. The summed E-state index contributed by atoms with van der Waals surface area (Å²) in [6.45, 7) is 2.13. The van der Waals surface area contributed by atoms with Crippen molar-refractivity contribution in [2.24, 2.45) is 5.92 Å². The fourth-order valence-electron chi connectivity index (χ4n) is 1.45. The normalized spacial score (nSPS) is 30.2. The molecular weight excluding hydrogens is 192 g/mol. The van der Waals surface area contributed by atoms with Crippen molar-refractivity contribution in [2.75, 3.05) is 0 Å². The molecule has 0 spiro atoms. The van der Waals surface area contributed by atoms with Crippen LogP contribution >= 0.6 is 15.9 Å². The Kier molecular flexibility index (Phi) is 2.90. The molecule has 0 aromatic heterocycles. The average molecular weight is 205 g/mol. The van der Waals surface area contributed by atoms with Gasteiger partial charge in [0, 0.05) is 17.7 Å². The maximum atomic E-state index is 11.0. The van der Waals surface area contributed by atoms with Gasteiger partial charge in [-0.2, -0.15) is 0 Å². The van der Waals surface area contributed by atoms with Crippen molar-refractivity contribution >= 4 is 21.7 Å². The molecule has 0 heterocycles. The molecular formula is C8H13BrO. The number of ketones is 1. The Labute approximate surface area is 70.3 Å². The topological polar surface area (TPSA) is 17.1 Å². The summed E-state index contributed by atoms with van der Waals surface area (Å²) in [5.74, 6) is 1.05. The van der Waals surface area contributed by atoms with Crippen LogP contribution in [0.2, 0.25) is 0 Å². The molecule has 1 fully saturated rings. The van der Waals surface area contributed by atoms with E-state index in [2.05, 4.69) is 22.9 Å². The molecule has 2 heteroatoms. The van der Waals surface area contributed by atoms with Gasteiger partial charge in [0.15, 0.2) is 0 Å². The molecule has 1 saturated carbocycles. The first-order chi connectivity index (χ1) is 4.70. The van der Waals surface area contributed by atoms with Crippen LogP contribution in [-0.2, 0) is 4.79 Å². The number of Topliss-reactive ketones (excluding diaryl/α,β-unsaturated/α-hetero) is 1. The van der Waals surface area contributed by atoms with Crippen LogP contribution in [0.15, 0.2) is 0 Å². The lowest BCUT2D eigenvalue weighted by atomic mass is 9.87. The van der Waals surface area contributed by atoms with Gasteiger partial charge in [0.2, 0.25) is 0 Å². The van der Waals surface area contributed by atoms with Gasteiger partial charge in [-0.05, 0) is 18.8 Å². The van der Waals surface area contributed by atoms with E-state index >= 15 is 0 Å². The summed E-state index contributed by atoms with van der Waals surface area (Å²) in [4.78, 5) is 11.5. The van der Waals surface area contributed by atoms with E-state index < -0.39 is 0 Å². The summed E-state index contributed by atoms with van der Waals surface area (Å²) in [7, 11) is 0. The van der Waals surface area contributed by atoms with E-state index in [1.165, 1.54) is 6.42 Å². The molecule has 10 heavy (non-hydrogen) atoms. The molecule has 0 aromatic carbocycles. The Bertz CT molecular complexity index is 131. The lowest BCUT2D eigenvalue weighted by Crippen LogP contribution is -2.20. The molecule has 58 valence electrons. The Morgan fingerprint density at radius 1 is 1.70 bits per heavy atom. The summed E-state index contributed by atoms with van der Waals surface area (Å²) in [6, 6.07) is 0. The van der Waals surface area contributed by atoms with Crippen molar-refractivity contribution in [1.29, 1.82) is 0 Å². The molecule has 2 unspecified atom stereocenters. The summed E-state index contributed by atoms with van der Waals surface area (Å²) in [5.41, 5.74) is 0. The maximum absolute atomic E-state index is 11.0. The summed E-state index contributed by atoms with van der Waals surface area (Å²) in [6.07, 6.45) is 3.93. The minimum Gasteiger partial charge on any atom is -0.300 e. The van der Waals surface area contributed by atoms with Crippen LogP contribution in [0.1, 0.15) is 32.6 Å². The predicted octanol–water partition coefficient (Wildman–Crippen LogP) is 2.53. The first kappa shape index (κ1) is 8.25. The van der Waals surface area contributed by atoms with Gasteiger partial charge >= 0.3 is 0 Å². The van der Waals surface area contributed by atoms with E-state index in [0.29, 0.717) is 16.5 Å². The first-order valence-electron chi connectivity index (χ1n) is 3.86. The molecule has 2 atom stereocenters. The molecule has 0 aromatic rings. The molecule has 0 N–H and O–H groups in total. The zero-order valence-electron chi connectivity index (χ0n) is 6.27. The molecule has 0 bridgehead atoms. The molecule has 0 radical (unpaired) electrons. The van der Waals surface area contributed by atoms with Crippen LogP contribution in [-0.4, -0.2) is 10.6 Å². The zero-order chi connectivity index (χ0) is 7.56. The maximum Gasteiger partial charge on any atom is 0.133 e. The summed E-state index contributed by atoms with van der Waals surface area (Å²) in [5, 5.41) is 0. The number of halogens is 1. The zero-order valence-corrected chi connectivity index (χ0v) is 7.86. The van der Waals surface area contributed by atoms with Crippen LogP contribution in [0.3, 0.4) is 0 Å². The molecule has 1 rings (SSSR count). The van der Waals surface area contributed by atoms with Crippen LogP contribution in [0.4, 0.5) is 0 Å². The van der Waals surface area contributed by atoms with Crippen molar-refractivity contribution in [2.45, 2.75) is 37.4 Å². The summed E-state index contributed by atoms with van der Waals surface area (Å²) < 4.78 is 0. The van der Waals surface area contributed by atoms with Gasteiger partial charge in [0.25, 0.3) is 0 Å². The lowest BCUT2D eigenvalue weighted by molar-refractivity contribution is -0.121. The number of carbonyl (C=O) groups is 1. The highest BCUT2D eigenvalue weighted by Crippen LogP contribution is 2.27. The number of alkyl halides is 1. The molecule has 1 aliphatic carbocycles. The second-order valence-electron chi connectivity index (χ2n) is 3.07. The van der Waals surface area contributed by atoms with Gasteiger partial charge in [0.05, 0.1) is 0 Å². The van der Waals surface area contributed by atoms with E-state index in [9.17, 15) is 4.79 Å². The predicted molar refractivity (Wildman–Crippen MR) is 45.4 cm³/mol. The van der Waals surface area contributed by atoms with Crippen LogP contribution in [0, 0.1) is 5.92 Å². The third-order valence-corrected chi connectivity index (χ3v) is 2.92. The average Bonchev–Trinajstić information content (AvgIpc) is 1.88. The Morgan fingerprint density at radius 3 is 2.80 bits per heavy atom. The number of hydrogen-bond donors (Lipinski definition) is 0. The minimum atomic E-state index is 0.447. The van der Waals surface area contributed by atoms with Crippen molar-refractivity contribution < 1.29 is 4.79 Å². The van der Waals surface area contributed by atoms with Crippen LogP contribution in [0.25, 0.3) is 0 Å². The molecule has 0 saturated heterocycles. The molecule has 0 amide bonds. The fourth-order valence-corrected chi connectivity index (χ4v) is 1.90. The summed E-state index contributed by atoms with van der Waals surface area (Å²) >= 11 is 3.51. The SMILES string of the molecule is CC(Br)C1CCCC(=O)C1. The van der Waals surface area contributed by atoms with Crippen molar-refractivity contribution in [3.63, 3.8) is 0 Å². The van der Waals surface area contributed by atoms with Crippen molar-refractivity contribution in [3.8, 4) is 0 Å². The fraction of sp³-hybridized carbons (Fsp3) is 0.875. The van der Waals surface area contributed by atoms with Gasteiger partial charge < -0.3 is 0 Å². The Hall–Kier alpha value is 0.150. The highest BCUT2D eigenvalue weighted by Gasteiger charge is 2.22. The van der Waals surface area contributed by atoms with Gasteiger partial charge in [-0.15, -0.1) is 0 Å². The Morgan fingerprint density at radius 2 is 2.40 bits per heavy atom. The molecule has 0 aliphatic heterocycles. The molecule has 1 aliphatic rings. The van der Waals surface area contributed by atoms with Gasteiger partial charge in [-0.1, -0.05) is 22.9 Å². The minimum absolute atomic E-state index is 0.447. The number of carbonyl (C=O) groups excluding carboxylic acids is 1. The van der Waals surface area contributed by atoms with Gasteiger partial charge in [-0.3, -0.25) is 4.79 Å². The number of rotatable bonds is 1. The van der Waals surface area contributed by atoms with Gasteiger partial charge in [-0.25, -0.2) is 0 Å². The van der Waals surface area contributed by atoms with Crippen molar-refractivity contribution in [3.05, 3.63) is 0 Å². The standard InChI is InChI=1S/C8H13BrO/c1-6(9)7-3-2-4-8(10)5-7/h6-7H,2-5H2,1H3. The van der Waals surface area contributed by atoms with Crippen LogP contribution < -0.4 is 0 Å². The third-order valence-electron chi connectivity index (χ3n) is 2.17. The van der Waals surface area contributed by atoms with E-state index in [-0.39, 0.29) is 0 Å². The van der Waals surface area contributed by atoms with E-state index in [1.54, 1.807) is 0 Å². The van der Waals surface area contributed by atoms with E-state index in [0.717, 1.165) is 19.3 Å². The third kappa shape index (κ3) is 2.08. The van der Waals surface area contributed by atoms with E-state index in [1.807, 2.05) is 0 Å². The highest BCUT2D eigenvalue weighted by molar-refractivity contribution is 9.09. The second kappa shape index (κ2) is 3.51. The van der Waals surface area contributed by atoms with E-state index in [4.69, 9.17) is 0 Å². The quantitative estimate of drug-likeness (QED) is 0.601.